The number of pyridine rings is 1. The third kappa shape index (κ3) is 2.98. The van der Waals surface area contributed by atoms with Gasteiger partial charge in [0.05, 0.1) is 11.4 Å². The Balaban J connectivity index is 1.79. The number of hydrogen-bond donors (Lipinski definition) is 0. The molecular formula is C30H21N. The molecule has 0 radical (unpaired) electrons. The largest absolute Gasteiger partial charge is 0.251 e. The van der Waals surface area contributed by atoms with Crippen molar-refractivity contribution >= 4 is 0 Å². The molecular weight excluding hydrogens is 374 g/mol. The van der Waals surface area contributed by atoms with Gasteiger partial charge in [0.25, 0.3) is 0 Å². The van der Waals surface area contributed by atoms with E-state index in [0.717, 1.165) is 17.7 Å². The van der Waals surface area contributed by atoms with Gasteiger partial charge in [-0.25, -0.2) is 0 Å². The first-order valence-electron chi connectivity index (χ1n) is 10.7. The summed E-state index contributed by atoms with van der Waals surface area (Å²) in [5.74, 6) is 0. The maximum Gasteiger partial charge on any atom is 0.0790 e. The maximum absolute atomic E-state index is 5.30. The summed E-state index contributed by atoms with van der Waals surface area (Å²) in [6.07, 6.45) is 0.875. The quantitative estimate of drug-likeness (QED) is 0.300. The highest BCUT2D eigenvalue weighted by atomic mass is 14.7. The molecule has 0 unspecified atom stereocenters. The minimum atomic E-state index is 0.875. The molecule has 0 amide bonds. The molecule has 1 heterocycles. The molecule has 1 heteroatoms. The van der Waals surface area contributed by atoms with E-state index in [1.807, 2.05) is 0 Å². The average molecular weight is 396 g/mol. The van der Waals surface area contributed by atoms with Crippen LogP contribution in [0.15, 0.2) is 115 Å². The first-order valence-corrected chi connectivity index (χ1v) is 10.7. The summed E-state index contributed by atoms with van der Waals surface area (Å²) < 4.78 is 0. The average Bonchev–Trinajstić information content (AvgIpc) is 3.23. The van der Waals surface area contributed by atoms with Crippen molar-refractivity contribution in [3.63, 3.8) is 0 Å². The highest BCUT2D eigenvalue weighted by Crippen LogP contribution is 2.49. The molecule has 31 heavy (non-hydrogen) atoms. The summed E-state index contributed by atoms with van der Waals surface area (Å²) in [5, 5.41) is 0. The third-order valence-electron chi connectivity index (χ3n) is 6.09. The van der Waals surface area contributed by atoms with Crippen LogP contribution < -0.4 is 0 Å². The standard InChI is InChI=1S/C30H21N/c1-4-12-21(13-5-1)27-28(22-14-6-2-7-15-22)30(23-16-8-3-9-17-23)31-26-20-24-18-10-11-19-25(24)29(26)27/h1-19H,20H2. The molecule has 1 aromatic heterocycles. The highest BCUT2D eigenvalue weighted by molar-refractivity contribution is 6.02. The molecule has 5 aromatic rings. The smallest absolute Gasteiger partial charge is 0.0790 e. The molecule has 0 saturated carbocycles. The van der Waals surface area contributed by atoms with Gasteiger partial charge < -0.3 is 0 Å². The van der Waals surface area contributed by atoms with E-state index in [2.05, 4.69) is 115 Å². The third-order valence-corrected chi connectivity index (χ3v) is 6.09. The van der Waals surface area contributed by atoms with Crippen LogP contribution in [0.5, 0.6) is 0 Å². The van der Waals surface area contributed by atoms with E-state index in [1.54, 1.807) is 0 Å². The van der Waals surface area contributed by atoms with Crippen molar-refractivity contribution in [1.29, 1.82) is 0 Å². The van der Waals surface area contributed by atoms with Crippen LogP contribution in [0.3, 0.4) is 0 Å². The van der Waals surface area contributed by atoms with Gasteiger partial charge in [0.1, 0.15) is 0 Å². The van der Waals surface area contributed by atoms with Crippen molar-refractivity contribution in [3.8, 4) is 44.6 Å². The van der Waals surface area contributed by atoms with Gasteiger partial charge in [-0.15, -0.1) is 0 Å². The fourth-order valence-electron chi connectivity index (χ4n) is 4.74. The lowest BCUT2D eigenvalue weighted by Crippen LogP contribution is -1.99. The van der Waals surface area contributed by atoms with Gasteiger partial charge in [0, 0.05) is 28.7 Å². The summed E-state index contributed by atoms with van der Waals surface area (Å²) in [4.78, 5) is 5.30. The van der Waals surface area contributed by atoms with Crippen LogP contribution in [0, 0.1) is 0 Å². The Morgan fingerprint density at radius 2 is 0.968 bits per heavy atom. The maximum atomic E-state index is 5.30. The van der Waals surface area contributed by atoms with Crippen molar-refractivity contribution in [3.05, 3.63) is 127 Å². The fourth-order valence-corrected chi connectivity index (χ4v) is 4.74. The Hall–Kier alpha value is -3.97. The van der Waals surface area contributed by atoms with E-state index in [9.17, 15) is 0 Å². The monoisotopic (exact) mass is 395 g/mol. The van der Waals surface area contributed by atoms with Crippen LogP contribution in [-0.2, 0) is 6.42 Å². The molecule has 0 saturated heterocycles. The molecule has 0 N–H and O–H groups in total. The Morgan fingerprint density at radius 3 is 1.61 bits per heavy atom. The topological polar surface area (TPSA) is 12.9 Å². The lowest BCUT2D eigenvalue weighted by atomic mass is 9.86. The van der Waals surface area contributed by atoms with Crippen LogP contribution in [0.25, 0.3) is 44.6 Å². The lowest BCUT2D eigenvalue weighted by molar-refractivity contribution is 1.13. The van der Waals surface area contributed by atoms with E-state index in [-0.39, 0.29) is 0 Å². The minimum absolute atomic E-state index is 0.875. The summed E-state index contributed by atoms with van der Waals surface area (Å²) in [6, 6.07) is 40.8. The first-order chi connectivity index (χ1) is 15.4. The molecule has 0 aliphatic heterocycles. The van der Waals surface area contributed by atoms with Crippen molar-refractivity contribution < 1.29 is 0 Å². The number of nitrogens with zero attached hydrogens (tertiary/aromatic N) is 1. The van der Waals surface area contributed by atoms with Crippen LogP contribution in [0.4, 0.5) is 0 Å². The Morgan fingerprint density at radius 1 is 0.452 bits per heavy atom. The number of benzene rings is 4. The molecule has 0 atom stereocenters. The Bertz CT molecular complexity index is 1370. The van der Waals surface area contributed by atoms with Gasteiger partial charge in [-0.2, -0.15) is 0 Å². The van der Waals surface area contributed by atoms with Gasteiger partial charge in [-0.05, 0) is 22.3 Å². The highest BCUT2D eigenvalue weighted by Gasteiger charge is 2.28. The van der Waals surface area contributed by atoms with Gasteiger partial charge in [0.15, 0.2) is 0 Å². The second-order valence-corrected chi connectivity index (χ2v) is 7.96. The normalized spacial score (nSPS) is 11.7. The van der Waals surface area contributed by atoms with Crippen molar-refractivity contribution in [1.82, 2.24) is 4.98 Å². The summed E-state index contributed by atoms with van der Waals surface area (Å²) >= 11 is 0. The van der Waals surface area contributed by atoms with Crippen LogP contribution in [0.2, 0.25) is 0 Å². The van der Waals surface area contributed by atoms with Gasteiger partial charge in [-0.3, -0.25) is 4.98 Å². The van der Waals surface area contributed by atoms with Crippen LogP contribution in [-0.4, -0.2) is 4.98 Å². The molecule has 0 fully saturated rings. The van der Waals surface area contributed by atoms with Gasteiger partial charge in [0.2, 0.25) is 0 Å². The van der Waals surface area contributed by atoms with E-state index in [0.29, 0.717) is 0 Å². The zero-order valence-electron chi connectivity index (χ0n) is 17.1. The van der Waals surface area contributed by atoms with Crippen LogP contribution in [0.1, 0.15) is 11.3 Å². The number of hydrogen-bond acceptors (Lipinski definition) is 1. The number of rotatable bonds is 3. The summed E-state index contributed by atoms with van der Waals surface area (Å²) in [7, 11) is 0. The minimum Gasteiger partial charge on any atom is -0.251 e. The first kappa shape index (κ1) is 17.9. The van der Waals surface area contributed by atoms with Crippen molar-refractivity contribution in [2.75, 3.05) is 0 Å². The SMILES string of the molecule is c1ccc(-c2nc3c(c(-c4ccccc4)c2-c2ccccc2)-c2ccccc2C3)cc1. The van der Waals surface area contributed by atoms with Crippen LogP contribution >= 0.6 is 0 Å². The second kappa shape index (κ2) is 7.37. The van der Waals surface area contributed by atoms with Gasteiger partial charge >= 0.3 is 0 Å². The van der Waals surface area contributed by atoms with Gasteiger partial charge in [-0.1, -0.05) is 115 Å². The predicted octanol–water partition coefficient (Wildman–Crippen LogP) is 7.65. The van der Waals surface area contributed by atoms with E-state index in [1.165, 1.54) is 44.6 Å². The van der Waals surface area contributed by atoms with Crippen molar-refractivity contribution in [2.45, 2.75) is 6.42 Å². The van der Waals surface area contributed by atoms with E-state index < -0.39 is 0 Å². The number of fused-ring (bicyclic) bond motifs is 3. The Kier molecular flexibility index (Phi) is 4.25. The van der Waals surface area contributed by atoms with E-state index in [4.69, 9.17) is 4.98 Å². The fraction of sp³-hybridized carbons (Fsp3) is 0.0333. The zero-order chi connectivity index (χ0) is 20.6. The zero-order valence-corrected chi connectivity index (χ0v) is 17.1. The molecule has 146 valence electrons. The van der Waals surface area contributed by atoms with E-state index >= 15 is 0 Å². The molecule has 1 nitrogen and oxygen atoms in total. The van der Waals surface area contributed by atoms with Crippen molar-refractivity contribution in [2.24, 2.45) is 0 Å². The molecule has 4 aromatic carbocycles. The number of aromatic nitrogens is 1. The second-order valence-electron chi connectivity index (χ2n) is 7.96. The summed E-state index contributed by atoms with van der Waals surface area (Å²) in [5.41, 5.74) is 12.2. The molecule has 6 rings (SSSR count). The molecule has 1 aliphatic carbocycles. The molecule has 1 aliphatic rings. The lowest BCUT2D eigenvalue weighted by Gasteiger charge is -2.20. The Labute approximate surface area is 182 Å². The summed E-state index contributed by atoms with van der Waals surface area (Å²) in [6.45, 7) is 0. The predicted molar refractivity (Wildman–Crippen MR) is 129 cm³/mol. The molecule has 0 spiro atoms. The molecule has 0 bridgehead atoms.